The quantitative estimate of drug-likeness (QED) is 0.292. The van der Waals surface area contributed by atoms with Gasteiger partial charge in [-0.1, -0.05) is 41.6 Å². The van der Waals surface area contributed by atoms with E-state index in [1.807, 2.05) is 54.6 Å². The zero-order valence-electron chi connectivity index (χ0n) is 14.5. The summed E-state index contributed by atoms with van der Waals surface area (Å²) in [6.07, 6.45) is 1.60. The van der Waals surface area contributed by atoms with Gasteiger partial charge in [-0.15, -0.1) is 0 Å². The summed E-state index contributed by atoms with van der Waals surface area (Å²) < 4.78 is 1.10. The van der Waals surface area contributed by atoms with Crippen LogP contribution < -0.4 is 5.32 Å². The summed E-state index contributed by atoms with van der Waals surface area (Å²) in [4.78, 5) is 6.51. The molecule has 3 nitrogen and oxygen atoms in total. The van der Waals surface area contributed by atoms with Crippen molar-refractivity contribution in [1.82, 2.24) is 4.98 Å². The molecule has 0 unspecified atom stereocenters. The van der Waals surface area contributed by atoms with Crippen molar-refractivity contribution in [3.05, 3.63) is 87.1 Å². The van der Waals surface area contributed by atoms with Crippen LogP contribution in [0.1, 0.15) is 5.56 Å². The van der Waals surface area contributed by atoms with Crippen molar-refractivity contribution < 1.29 is 0 Å². The summed E-state index contributed by atoms with van der Waals surface area (Å²) in [6.45, 7) is 0. The molecule has 0 saturated heterocycles. The average Bonchev–Trinajstić information content (AvgIpc) is 2.71. The molecule has 0 radical (unpaired) electrons. The van der Waals surface area contributed by atoms with Crippen molar-refractivity contribution in [1.29, 1.82) is 5.26 Å². The molecule has 0 aliphatic rings. The highest BCUT2D eigenvalue weighted by Gasteiger charge is 2.11. The molecule has 4 rings (SSSR count). The third-order valence-corrected chi connectivity index (χ3v) is 6.30. The molecule has 1 heterocycles. The Balaban J connectivity index is 1.68. The van der Waals surface area contributed by atoms with Gasteiger partial charge < -0.3 is 5.32 Å². The van der Waals surface area contributed by atoms with E-state index in [2.05, 4.69) is 51.1 Å². The highest BCUT2D eigenvalue weighted by Crippen LogP contribution is 2.36. The first-order chi connectivity index (χ1) is 13.6. The lowest BCUT2D eigenvalue weighted by molar-refractivity contribution is 1.35. The molecular formula is C22H13ClIN3S. The molecule has 28 heavy (non-hydrogen) atoms. The molecule has 0 atom stereocenters. The van der Waals surface area contributed by atoms with Crippen LogP contribution in [0.3, 0.4) is 0 Å². The van der Waals surface area contributed by atoms with E-state index in [0.717, 1.165) is 35.6 Å². The summed E-state index contributed by atoms with van der Waals surface area (Å²) in [5, 5.41) is 14.4. The minimum atomic E-state index is 0.493. The molecule has 4 aromatic rings. The lowest BCUT2D eigenvalue weighted by atomic mass is 10.1. The molecule has 0 aliphatic carbocycles. The summed E-state index contributed by atoms with van der Waals surface area (Å²) in [5.41, 5.74) is 2.90. The number of anilines is 2. The second-order valence-electron chi connectivity index (χ2n) is 6.01. The van der Waals surface area contributed by atoms with Crippen molar-refractivity contribution in [2.75, 3.05) is 5.32 Å². The third kappa shape index (κ3) is 4.09. The van der Waals surface area contributed by atoms with Crippen LogP contribution in [0.4, 0.5) is 11.4 Å². The number of rotatable bonds is 4. The number of hydrogen-bond donors (Lipinski definition) is 1. The van der Waals surface area contributed by atoms with Crippen LogP contribution in [0.5, 0.6) is 0 Å². The lowest BCUT2D eigenvalue weighted by Crippen LogP contribution is -1.97. The van der Waals surface area contributed by atoms with Crippen LogP contribution in [0.25, 0.3) is 10.9 Å². The molecule has 0 bridgehead atoms. The Labute approximate surface area is 185 Å². The van der Waals surface area contributed by atoms with E-state index >= 15 is 0 Å². The van der Waals surface area contributed by atoms with Gasteiger partial charge in [0, 0.05) is 30.6 Å². The maximum absolute atomic E-state index is 9.51. The van der Waals surface area contributed by atoms with Crippen molar-refractivity contribution >= 4 is 68.2 Å². The minimum Gasteiger partial charge on any atom is -0.354 e. The SMILES string of the molecule is N#Cc1cnc2cc(I)ccc2c1Nc1ccc(Sc2ccccc2)c(Cl)c1. The largest absolute Gasteiger partial charge is 0.354 e. The van der Waals surface area contributed by atoms with Gasteiger partial charge in [-0.25, -0.2) is 0 Å². The van der Waals surface area contributed by atoms with E-state index in [9.17, 15) is 5.26 Å². The van der Waals surface area contributed by atoms with Crippen molar-refractivity contribution in [2.45, 2.75) is 9.79 Å². The van der Waals surface area contributed by atoms with Crippen molar-refractivity contribution in [2.24, 2.45) is 0 Å². The molecule has 6 heteroatoms. The van der Waals surface area contributed by atoms with Gasteiger partial charge in [0.05, 0.1) is 21.8 Å². The lowest BCUT2D eigenvalue weighted by Gasteiger charge is -2.13. The topological polar surface area (TPSA) is 48.7 Å². The summed E-state index contributed by atoms with van der Waals surface area (Å²) in [6, 6.07) is 24.1. The second-order valence-corrected chi connectivity index (χ2v) is 8.77. The number of fused-ring (bicyclic) bond motifs is 1. The standard InChI is InChI=1S/C22H13ClIN3S/c23-19-11-16(7-9-21(19)28-17-4-2-1-3-5-17)27-22-14(12-25)13-26-20-10-15(24)6-8-18(20)22/h1-11,13H,(H,26,27). The van der Waals surface area contributed by atoms with Crippen LogP contribution in [0.15, 0.2) is 82.7 Å². The average molecular weight is 514 g/mol. The first-order valence-electron chi connectivity index (χ1n) is 8.42. The summed E-state index contributed by atoms with van der Waals surface area (Å²) >= 11 is 10.4. The predicted octanol–water partition coefficient (Wildman–Crippen LogP) is 7.26. The minimum absolute atomic E-state index is 0.493. The first-order valence-corrected chi connectivity index (χ1v) is 10.7. The number of benzene rings is 3. The van der Waals surface area contributed by atoms with Gasteiger partial charge in [0.2, 0.25) is 0 Å². The number of nitrogens with one attached hydrogen (secondary N) is 1. The molecule has 0 fully saturated rings. The van der Waals surface area contributed by atoms with Gasteiger partial charge >= 0.3 is 0 Å². The Kier molecular flexibility index (Phi) is 5.72. The van der Waals surface area contributed by atoms with E-state index in [4.69, 9.17) is 11.6 Å². The summed E-state index contributed by atoms with van der Waals surface area (Å²) in [7, 11) is 0. The maximum Gasteiger partial charge on any atom is 0.103 e. The summed E-state index contributed by atoms with van der Waals surface area (Å²) in [5.74, 6) is 0. The van der Waals surface area contributed by atoms with Crippen molar-refractivity contribution in [3.8, 4) is 6.07 Å². The van der Waals surface area contributed by atoms with Crippen LogP contribution in [-0.4, -0.2) is 4.98 Å². The zero-order valence-corrected chi connectivity index (χ0v) is 18.2. The molecule has 1 aromatic heterocycles. The molecular weight excluding hydrogens is 501 g/mol. The van der Waals surface area contributed by atoms with Crippen LogP contribution >= 0.6 is 46.0 Å². The van der Waals surface area contributed by atoms with E-state index in [0.29, 0.717) is 10.6 Å². The van der Waals surface area contributed by atoms with Crippen LogP contribution in [0, 0.1) is 14.9 Å². The molecule has 1 N–H and O–H groups in total. The van der Waals surface area contributed by atoms with E-state index in [1.165, 1.54) is 0 Å². The molecule has 3 aromatic carbocycles. The number of halogens is 2. The third-order valence-electron chi connectivity index (χ3n) is 4.12. The Morgan fingerprint density at radius 3 is 2.61 bits per heavy atom. The van der Waals surface area contributed by atoms with Crippen LogP contribution in [-0.2, 0) is 0 Å². The second kappa shape index (κ2) is 8.39. The molecule has 0 spiro atoms. The monoisotopic (exact) mass is 513 g/mol. The highest BCUT2D eigenvalue weighted by molar-refractivity contribution is 14.1. The number of pyridine rings is 1. The van der Waals surface area contributed by atoms with Gasteiger partial charge in [0.1, 0.15) is 6.07 Å². The van der Waals surface area contributed by atoms with Gasteiger partial charge in [-0.2, -0.15) is 5.26 Å². The molecule has 136 valence electrons. The van der Waals surface area contributed by atoms with Gasteiger partial charge in [0.15, 0.2) is 0 Å². The molecule has 0 saturated carbocycles. The first kappa shape index (κ1) is 19.1. The normalized spacial score (nSPS) is 10.6. The van der Waals surface area contributed by atoms with Crippen molar-refractivity contribution in [3.63, 3.8) is 0 Å². The van der Waals surface area contributed by atoms with E-state index in [-0.39, 0.29) is 0 Å². The smallest absolute Gasteiger partial charge is 0.103 e. The fourth-order valence-corrected chi connectivity index (χ4v) is 4.42. The van der Waals surface area contributed by atoms with E-state index < -0.39 is 0 Å². The fraction of sp³-hybridized carbons (Fsp3) is 0. The fourth-order valence-electron chi connectivity index (χ4n) is 2.81. The van der Waals surface area contributed by atoms with Gasteiger partial charge in [-0.3, -0.25) is 4.98 Å². The van der Waals surface area contributed by atoms with Crippen LogP contribution in [0.2, 0.25) is 5.02 Å². The predicted molar refractivity (Wildman–Crippen MR) is 124 cm³/mol. The van der Waals surface area contributed by atoms with E-state index in [1.54, 1.807) is 18.0 Å². The Morgan fingerprint density at radius 2 is 1.86 bits per heavy atom. The van der Waals surface area contributed by atoms with Gasteiger partial charge in [0.25, 0.3) is 0 Å². The van der Waals surface area contributed by atoms with Gasteiger partial charge in [-0.05, 0) is 71.1 Å². The Bertz CT molecular complexity index is 1210. The number of nitriles is 1. The highest BCUT2D eigenvalue weighted by atomic mass is 127. The Hall–Kier alpha value is -2.27. The Morgan fingerprint density at radius 1 is 1.04 bits per heavy atom. The number of nitrogens with zero attached hydrogens (tertiary/aromatic N) is 2. The maximum atomic E-state index is 9.51. The molecule has 0 amide bonds. The zero-order chi connectivity index (χ0) is 19.5. The number of hydrogen-bond acceptors (Lipinski definition) is 4. The number of aromatic nitrogens is 1. The molecule has 0 aliphatic heterocycles.